The molecule has 0 unspecified atom stereocenters. The lowest BCUT2D eigenvalue weighted by Gasteiger charge is -2.37. The molecule has 1 aliphatic rings. The number of hydrogen-bond donors (Lipinski definition) is 3. The smallest absolute Gasteiger partial charge is 0.192 e. The first kappa shape index (κ1) is 22.9. The molecule has 0 aliphatic carbocycles. The molecule has 35 heavy (non-hydrogen) atoms. The molecule has 2 aromatic carbocycles. The molecule has 180 valence electrons. The van der Waals surface area contributed by atoms with Crippen molar-refractivity contribution in [1.29, 1.82) is 0 Å². The van der Waals surface area contributed by atoms with E-state index >= 15 is 0 Å². The molecule has 10 nitrogen and oxygen atoms in total. The lowest BCUT2D eigenvalue weighted by molar-refractivity contribution is 0.367. The molecule has 3 heterocycles. The Morgan fingerprint density at radius 2 is 2.09 bits per heavy atom. The molecule has 1 atom stereocenters. The standard InChI is InChI=1S/C25H29N9O/c1-15(2)22-14-34(10-9-26-22)25-24(27-13-17-5-4-6-19(11-17)33-35)32-31-23(28-25)18-7-8-21-20(12-18)16(3)29-30-21/h4-8,11-12,15,22,26H,9-10,13-14H2,1-3H3,(H,27,32)(H,29,30)/t22-/m1/s1. The van der Waals surface area contributed by atoms with Crippen LogP contribution in [0.15, 0.2) is 47.6 Å². The minimum absolute atomic E-state index is 0.357. The van der Waals surface area contributed by atoms with Gasteiger partial charge >= 0.3 is 0 Å². The molecule has 3 N–H and O–H groups in total. The maximum Gasteiger partial charge on any atom is 0.192 e. The molecule has 0 spiro atoms. The zero-order chi connectivity index (χ0) is 24.4. The van der Waals surface area contributed by atoms with E-state index < -0.39 is 0 Å². The molecule has 0 radical (unpaired) electrons. The molecule has 4 aromatic rings. The summed E-state index contributed by atoms with van der Waals surface area (Å²) >= 11 is 0. The number of aromatic amines is 1. The molecule has 5 rings (SSSR count). The van der Waals surface area contributed by atoms with Crippen molar-refractivity contribution in [1.82, 2.24) is 30.7 Å². The van der Waals surface area contributed by atoms with Crippen LogP contribution in [0.25, 0.3) is 22.3 Å². The zero-order valence-corrected chi connectivity index (χ0v) is 20.1. The highest BCUT2D eigenvalue weighted by Gasteiger charge is 2.26. The second-order valence-corrected chi connectivity index (χ2v) is 9.25. The van der Waals surface area contributed by atoms with Crippen molar-refractivity contribution in [3.8, 4) is 11.4 Å². The molecule has 1 fully saturated rings. The van der Waals surface area contributed by atoms with Crippen LogP contribution < -0.4 is 15.5 Å². The quantitative estimate of drug-likeness (QED) is 0.343. The number of nitroso groups, excluding NO2 is 1. The molecule has 0 saturated carbocycles. The lowest BCUT2D eigenvalue weighted by atomic mass is 10.0. The average molecular weight is 472 g/mol. The van der Waals surface area contributed by atoms with Gasteiger partial charge in [-0.05, 0) is 53.9 Å². The van der Waals surface area contributed by atoms with E-state index in [4.69, 9.17) is 4.98 Å². The monoisotopic (exact) mass is 471 g/mol. The Bertz CT molecular complexity index is 1350. The normalized spacial score (nSPS) is 16.1. The van der Waals surface area contributed by atoms with Crippen molar-refractivity contribution in [3.63, 3.8) is 0 Å². The largest absolute Gasteiger partial charge is 0.361 e. The minimum atomic E-state index is 0.357. The molecule has 1 aliphatic heterocycles. The van der Waals surface area contributed by atoms with Crippen LogP contribution in [0.1, 0.15) is 25.1 Å². The Kier molecular flexibility index (Phi) is 6.37. The highest BCUT2D eigenvalue weighted by molar-refractivity contribution is 5.85. The van der Waals surface area contributed by atoms with Crippen LogP contribution in [0.2, 0.25) is 0 Å². The van der Waals surface area contributed by atoms with Crippen LogP contribution >= 0.6 is 0 Å². The molecule has 0 bridgehead atoms. The van der Waals surface area contributed by atoms with Crippen LogP contribution in [-0.2, 0) is 6.54 Å². The Balaban J connectivity index is 1.49. The fourth-order valence-corrected chi connectivity index (χ4v) is 4.38. The van der Waals surface area contributed by atoms with Gasteiger partial charge in [-0.2, -0.15) is 5.10 Å². The second-order valence-electron chi connectivity index (χ2n) is 9.25. The summed E-state index contributed by atoms with van der Waals surface area (Å²) in [5.74, 6) is 2.45. The van der Waals surface area contributed by atoms with Crippen LogP contribution in [0, 0.1) is 17.7 Å². The Labute approximate surface area is 203 Å². The van der Waals surface area contributed by atoms with Gasteiger partial charge in [0.05, 0.1) is 5.52 Å². The summed E-state index contributed by atoms with van der Waals surface area (Å²) in [4.78, 5) is 18.2. The highest BCUT2D eigenvalue weighted by Crippen LogP contribution is 2.28. The van der Waals surface area contributed by atoms with Crippen molar-refractivity contribution < 1.29 is 0 Å². The van der Waals surface area contributed by atoms with Gasteiger partial charge in [0.1, 0.15) is 5.69 Å². The van der Waals surface area contributed by atoms with Gasteiger partial charge in [0.25, 0.3) is 0 Å². The summed E-state index contributed by atoms with van der Waals surface area (Å²) in [5.41, 5.74) is 4.13. The maximum absolute atomic E-state index is 10.9. The van der Waals surface area contributed by atoms with Gasteiger partial charge in [0.2, 0.25) is 0 Å². The number of benzene rings is 2. The summed E-state index contributed by atoms with van der Waals surface area (Å²) < 4.78 is 0. The van der Waals surface area contributed by atoms with Crippen LogP contribution in [-0.4, -0.2) is 51.1 Å². The predicted octanol–water partition coefficient (Wildman–Crippen LogP) is 4.17. The van der Waals surface area contributed by atoms with E-state index in [1.165, 1.54) is 0 Å². The summed E-state index contributed by atoms with van der Waals surface area (Å²) in [6.07, 6.45) is 0. The number of nitrogens with zero attached hydrogens (tertiary/aromatic N) is 6. The molecule has 0 amide bonds. The number of anilines is 2. The van der Waals surface area contributed by atoms with Crippen molar-refractivity contribution >= 4 is 28.2 Å². The molecular weight excluding hydrogens is 442 g/mol. The Morgan fingerprint density at radius 1 is 1.20 bits per heavy atom. The third-order valence-corrected chi connectivity index (χ3v) is 6.46. The van der Waals surface area contributed by atoms with Gasteiger partial charge in [-0.25, -0.2) is 4.98 Å². The molecule has 2 aromatic heterocycles. The van der Waals surface area contributed by atoms with Crippen molar-refractivity contribution in [3.05, 3.63) is 58.6 Å². The SMILES string of the molecule is Cc1[nH]nc2ccc(-c3nnc(NCc4cccc(N=O)c4)c(N4CCN[C@@H](C(C)C)C4)n3)cc12. The minimum Gasteiger partial charge on any atom is -0.361 e. The van der Waals surface area contributed by atoms with E-state index in [0.717, 1.165) is 53.2 Å². The van der Waals surface area contributed by atoms with Crippen molar-refractivity contribution in [2.24, 2.45) is 11.1 Å². The van der Waals surface area contributed by atoms with Crippen LogP contribution in [0.4, 0.5) is 17.3 Å². The van der Waals surface area contributed by atoms with Gasteiger partial charge in [0, 0.05) is 48.9 Å². The van der Waals surface area contributed by atoms with Crippen molar-refractivity contribution in [2.75, 3.05) is 29.9 Å². The average Bonchev–Trinajstić information content (AvgIpc) is 3.27. The van der Waals surface area contributed by atoms with E-state index in [9.17, 15) is 4.91 Å². The number of H-pyrrole nitrogens is 1. The van der Waals surface area contributed by atoms with E-state index in [1.54, 1.807) is 12.1 Å². The number of rotatable bonds is 7. The first-order valence-electron chi connectivity index (χ1n) is 11.9. The van der Waals surface area contributed by atoms with Crippen LogP contribution in [0.5, 0.6) is 0 Å². The van der Waals surface area contributed by atoms with Gasteiger partial charge < -0.3 is 15.5 Å². The second kappa shape index (κ2) is 9.75. The predicted molar refractivity (Wildman–Crippen MR) is 138 cm³/mol. The fourth-order valence-electron chi connectivity index (χ4n) is 4.38. The van der Waals surface area contributed by atoms with Gasteiger partial charge in [-0.3, -0.25) is 5.10 Å². The third-order valence-electron chi connectivity index (χ3n) is 6.46. The number of piperazine rings is 1. The number of aryl methyl sites for hydroxylation is 1. The zero-order valence-electron chi connectivity index (χ0n) is 20.1. The molecule has 10 heteroatoms. The third kappa shape index (κ3) is 4.83. The number of nitrogens with one attached hydrogen (secondary N) is 3. The van der Waals surface area contributed by atoms with E-state index in [-0.39, 0.29) is 0 Å². The van der Waals surface area contributed by atoms with Crippen molar-refractivity contribution in [2.45, 2.75) is 33.4 Å². The summed E-state index contributed by atoms with van der Waals surface area (Å²) in [6.45, 7) is 9.44. The fraction of sp³-hybridized carbons (Fsp3) is 0.360. The summed E-state index contributed by atoms with van der Waals surface area (Å²) in [7, 11) is 0. The first-order valence-corrected chi connectivity index (χ1v) is 11.9. The molecule has 1 saturated heterocycles. The molecular formula is C25H29N9O. The number of aromatic nitrogens is 5. The van der Waals surface area contributed by atoms with Gasteiger partial charge in [-0.1, -0.05) is 26.0 Å². The Hall–Kier alpha value is -3.92. The number of hydrogen-bond acceptors (Lipinski definition) is 9. The lowest BCUT2D eigenvalue weighted by Crippen LogP contribution is -2.53. The van der Waals surface area contributed by atoms with E-state index in [2.05, 4.69) is 61.0 Å². The van der Waals surface area contributed by atoms with Gasteiger partial charge in [-0.15, -0.1) is 15.1 Å². The first-order chi connectivity index (χ1) is 17.0. The maximum atomic E-state index is 10.9. The Morgan fingerprint density at radius 3 is 2.91 bits per heavy atom. The van der Waals surface area contributed by atoms with Crippen LogP contribution in [0.3, 0.4) is 0 Å². The van der Waals surface area contributed by atoms with E-state index in [1.807, 2.05) is 31.2 Å². The van der Waals surface area contributed by atoms with E-state index in [0.29, 0.717) is 35.8 Å². The number of fused-ring (bicyclic) bond motifs is 1. The summed E-state index contributed by atoms with van der Waals surface area (Å²) in [6, 6.07) is 13.6. The summed E-state index contributed by atoms with van der Waals surface area (Å²) in [5, 5.41) is 27.4. The highest BCUT2D eigenvalue weighted by atomic mass is 16.3. The topological polar surface area (TPSA) is 124 Å². The van der Waals surface area contributed by atoms with Gasteiger partial charge in [0.15, 0.2) is 17.5 Å².